The molecule has 1 fully saturated rings. The number of esters is 2. The molecule has 0 saturated carbocycles. The van der Waals surface area contributed by atoms with Crippen molar-refractivity contribution < 1.29 is 19.1 Å². The molecule has 0 unspecified atom stereocenters. The number of halogens is 1. The average Bonchev–Trinajstić information content (AvgIpc) is 2.31. The number of hydrogen-bond acceptors (Lipinski definition) is 5. The molecule has 0 aliphatic carbocycles. The van der Waals surface area contributed by atoms with Gasteiger partial charge in [0.1, 0.15) is 0 Å². The lowest BCUT2D eigenvalue weighted by Crippen LogP contribution is -2.42. The Morgan fingerprint density at radius 2 is 1.80 bits per heavy atom. The number of carbonyl (C=O) groups is 2. The molecular weight excluding hydrogens is 282 g/mol. The highest BCUT2D eigenvalue weighted by molar-refractivity contribution is 6.31. The van der Waals surface area contributed by atoms with Crippen molar-refractivity contribution in [3.8, 4) is 0 Å². The van der Waals surface area contributed by atoms with Crippen molar-refractivity contribution in [1.29, 1.82) is 0 Å². The van der Waals surface area contributed by atoms with Gasteiger partial charge in [0, 0.05) is 30.8 Å². The summed E-state index contributed by atoms with van der Waals surface area (Å²) in [5.41, 5.74) is 1.40. The fourth-order valence-corrected chi connectivity index (χ4v) is 1.79. The molecule has 1 saturated heterocycles. The van der Waals surface area contributed by atoms with Crippen LogP contribution < -0.4 is 5.32 Å². The van der Waals surface area contributed by atoms with Crippen LogP contribution in [-0.4, -0.2) is 17.7 Å². The third kappa shape index (κ3) is 3.11. The Bertz CT molecular complexity index is 585. The first-order valence-corrected chi connectivity index (χ1v) is 6.36. The predicted octanol–water partition coefficient (Wildman–Crippen LogP) is 2.78. The lowest BCUT2D eigenvalue weighted by Gasteiger charge is -2.29. The Labute approximate surface area is 121 Å². The number of aryl methyl sites for hydroxylation is 1. The van der Waals surface area contributed by atoms with E-state index in [0.717, 1.165) is 5.56 Å². The summed E-state index contributed by atoms with van der Waals surface area (Å²) in [5.74, 6) is -2.67. The average molecular weight is 296 g/mol. The molecular formula is C14H14ClNO4. The standard InChI is InChI=1S/C14H14ClNO4/c1-8-6-9(4-5-11(8)15)16-7-10-12(17)19-14(2,3)20-13(10)18/h4-7,16H,1-3H3. The van der Waals surface area contributed by atoms with Crippen molar-refractivity contribution in [2.45, 2.75) is 26.6 Å². The number of anilines is 1. The van der Waals surface area contributed by atoms with E-state index in [1.165, 1.54) is 20.0 Å². The summed E-state index contributed by atoms with van der Waals surface area (Å²) >= 11 is 5.92. The van der Waals surface area contributed by atoms with E-state index in [4.69, 9.17) is 21.1 Å². The highest BCUT2D eigenvalue weighted by atomic mass is 35.5. The van der Waals surface area contributed by atoms with Crippen LogP contribution in [0.4, 0.5) is 5.69 Å². The molecule has 1 aromatic rings. The first-order chi connectivity index (χ1) is 9.28. The van der Waals surface area contributed by atoms with E-state index < -0.39 is 17.7 Å². The molecule has 1 aliphatic rings. The van der Waals surface area contributed by atoms with Gasteiger partial charge in [0.25, 0.3) is 5.79 Å². The van der Waals surface area contributed by atoms with Crippen molar-refractivity contribution in [1.82, 2.24) is 0 Å². The minimum Gasteiger partial charge on any atom is -0.419 e. The summed E-state index contributed by atoms with van der Waals surface area (Å²) in [4.78, 5) is 23.4. The molecule has 1 heterocycles. The van der Waals surface area contributed by atoms with E-state index in [9.17, 15) is 9.59 Å². The van der Waals surface area contributed by atoms with Crippen molar-refractivity contribution >= 4 is 29.2 Å². The van der Waals surface area contributed by atoms with Gasteiger partial charge < -0.3 is 14.8 Å². The Kier molecular flexibility index (Phi) is 3.72. The first-order valence-electron chi connectivity index (χ1n) is 5.98. The van der Waals surface area contributed by atoms with Crippen LogP contribution in [0.3, 0.4) is 0 Å². The molecule has 106 valence electrons. The molecule has 0 radical (unpaired) electrons. The van der Waals surface area contributed by atoms with E-state index >= 15 is 0 Å². The van der Waals surface area contributed by atoms with Crippen molar-refractivity contribution in [3.63, 3.8) is 0 Å². The minimum atomic E-state index is -1.23. The maximum absolute atomic E-state index is 11.7. The lowest BCUT2D eigenvalue weighted by molar-refractivity contribution is -0.222. The fraction of sp³-hybridized carbons (Fsp3) is 0.286. The van der Waals surface area contributed by atoms with Crippen LogP contribution >= 0.6 is 11.6 Å². The third-order valence-corrected chi connectivity index (χ3v) is 3.08. The maximum atomic E-state index is 11.7. The molecule has 1 aromatic carbocycles. The Morgan fingerprint density at radius 1 is 1.20 bits per heavy atom. The molecule has 0 spiro atoms. The van der Waals surface area contributed by atoms with Crippen LogP contribution in [0.5, 0.6) is 0 Å². The van der Waals surface area contributed by atoms with Gasteiger partial charge >= 0.3 is 11.9 Å². The molecule has 0 bridgehead atoms. The van der Waals surface area contributed by atoms with Crippen molar-refractivity contribution in [3.05, 3.63) is 40.6 Å². The number of nitrogens with one attached hydrogen (secondary N) is 1. The molecule has 1 aliphatic heterocycles. The molecule has 0 amide bonds. The number of carbonyl (C=O) groups excluding carboxylic acids is 2. The molecule has 5 nitrogen and oxygen atoms in total. The summed E-state index contributed by atoms with van der Waals surface area (Å²) in [6, 6.07) is 5.25. The number of cyclic esters (lactones) is 2. The number of ether oxygens (including phenoxy) is 2. The van der Waals surface area contributed by atoms with E-state index in [0.29, 0.717) is 10.7 Å². The maximum Gasteiger partial charge on any atom is 0.350 e. The van der Waals surface area contributed by atoms with Gasteiger partial charge in [-0.05, 0) is 30.7 Å². The zero-order valence-electron chi connectivity index (χ0n) is 11.3. The highest BCUT2D eigenvalue weighted by Crippen LogP contribution is 2.23. The van der Waals surface area contributed by atoms with Gasteiger partial charge in [-0.15, -0.1) is 0 Å². The minimum absolute atomic E-state index is 0.183. The highest BCUT2D eigenvalue weighted by Gasteiger charge is 2.38. The smallest absolute Gasteiger partial charge is 0.350 e. The van der Waals surface area contributed by atoms with E-state index in [1.807, 2.05) is 6.92 Å². The Hall–Kier alpha value is -2.01. The number of benzene rings is 1. The van der Waals surface area contributed by atoms with Gasteiger partial charge in [0.15, 0.2) is 5.57 Å². The normalized spacial score (nSPS) is 17.3. The zero-order chi connectivity index (χ0) is 14.9. The fourth-order valence-electron chi connectivity index (χ4n) is 1.67. The molecule has 1 N–H and O–H groups in total. The van der Waals surface area contributed by atoms with Crippen molar-refractivity contribution in [2.24, 2.45) is 0 Å². The number of rotatable bonds is 2. The van der Waals surface area contributed by atoms with Gasteiger partial charge in [0.2, 0.25) is 0 Å². The van der Waals surface area contributed by atoms with Crippen LogP contribution in [0.1, 0.15) is 19.4 Å². The van der Waals surface area contributed by atoms with Gasteiger partial charge in [-0.25, -0.2) is 9.59 Å². The molecule has 2 rings (SSSR count). The molecule has 0 atom stereocenters. The third-order valence-electron chi connectivity index (χ3n) is 2.66. The largest absolute Gasteiger partial charge is 0.419 e. The van der Waals surface area contributed by atoms with Crippen LogP contribution in [0.15, 0.2) is 30.0 Å². The SMILES string of the molecule is Cc1cc(NC=C2C(=O)OC(C)(C)OC2=O)ccc1Cl. The van der Waals surface area contributed by atoms with Crippen LogP contribution in [0.25, 0.3) is 0 Å². The van der Waals surface area contributed by atoms with Gasteiger partial charge in [0.05, 0.1) is 0 Å². The molecule has 6 heteroatoms. The number of hydrogen-bond donors (Lipinski definition) is 1. The van der Waals surface area contributed by atoms with Gasteiger partial charge in [-0.3, -0.25) is 0 Å². The van der Waals surface area contributed by atoms with Gasteiger partial charge in [-0.2, -0.15) is 0 Å². The quantitative estimate of drug-likeness (QED) is 0.516. The zero-order valence-corrected chi connectivity index (χ0v) is 12.1. The first kappa shape index (κ1) is 14.4. The molecule has 0 aromatic heterocycles. The van der Waals surface area contributed by atoms with Crippen LogP contribution in [-0.2, 0) is 19.1 Å². The second kappa shape index (κ2) is 5.17. The molecule has 20 heavy (non-hydrogen) atoms. The van der Waals surface area contributed by atoms with E-state index in [2.05, 4.69) is 5.32 Å². The van der Waals surface area contributed by atoms with E-state index in [1.54, 1.807) is 18.2 Å². The Morgan fingerprint density at radius 3 is 2.35 bits per heavy atom. The van der Waals surface area contributed by atoms with Crippen LogP contribution in [0, 0.1) is 6.92 Å². The lowest BCUT2D eigenvalue weighted by atomic mass is 10.2. The second-order valence-electron chi connectivity index (χ2n) is 4.85. The summed E-state index contributed by atoms with van der Waals surface area (Å²) in [7, 11) is 0. The van der Waals surface area contributed by atoms with Crippen molar-refractivity contribution in [2.75, 3.05) is 5.32 Å². The second-order valence-corrected chi connectivity index (χ2v) is 5.25. The summed E-state index contributed by atoms with van der Waals surface area (Å²) < 4.78 is 9.95. The monoisotopic (exact) mass is 295 g/mol. The summed E-state index contributed by atoms with van der Waals surface area (Å²) in [5, 5.41) is 3.49. The summed E-state index contributed by atoms with van der Waals surface area (Å²) in [6.07, 6.45) is 1.27. The summed E-state index contributed by atoms with van der Waals surface area (Å²) in [6.45, 7) is 4.84. The van der Waals surface area contributed by atoms with Crippen LogP contribution in [0.2, 0.25) is 5.02 Å². The Balaban J connectivity index is 2.17. The van der Waals surface area contributed by atoms with Gasteiger partial charge in [-0.1, -0.05) is 11.6 Å². The topological polar surface area (TPSA) is 64.6 Å². The van der Waals surface area contributed by atoms with E-state index in [-0.39, 0.29) is 5.57 Å². The predicted molar refractivity (Wildman–Crippen MR) is 74.2 cm³/mol.